The standard InChI is InChI=1S/C19H21N3OS3/c1-11-12(2)26-19-17(11)18(20-13(3)21-19)25-10-16(23)22(15-4-5-15)8-14-6-7-24-9-14/h6-7,9,15H,4-5,8,10H2,1-3H3. The number of fused-ring (bicyclic) bond motifs is 1. The van der Waals surface area contributed by atoms with Crippen molar-refractivity contribution < 1.29 is 4.79 Å². The number of carbonyl (C=O) groups is 1. The second kappa shape index (κ2) is 7.29. The summed E-state index contributed by atoms with van der Waals surface area (Å²) in [5.74, 6) is 1.41. The molecule has 4 nitrogen and oxygen atoms in total. The van der Waals surface area contributed by atoms with Gasteiger partial charge in [-0.3, -0.25) is 4.79 Å². The molecule has 3 aromatic heterocycles. The van der Waals surface area contributed by atoms with Crippen molar-refractivity contribution in [2.75, 3.05) is 5.75 Å². The van der Waals surface area contributed by atoms with E-state index in [9.17, 15) is 4.79 Å². The molecule has 0 aliphatic heterocycles. The van der Waals surface area contributed by atoms with E-state index in [-0.39, 0.29) is 5.91 Å². The molecule has 3 aromatic rings. The summed E-state index contributed by atoms with van der Waals surface area (Å²) in [6.45, 7) is 6.88. The zero-order valence-corrected chi connectivity index (χ0v) is 17.6. The van der Waals surface area contributed by atoms with Crippen LogP contribution in [0.4, 0.5) is 0 Å². The van der Waals surface area contributed by atoms with Gasteiger partial charge < -0.3 is 4.90 Å². The van der Waals surface area contributed by atoms with Crippen LogP contribution >= 0.6 is 34.4 Å². The molecule has 136 valence electrons. The summed E-state index contributed by atoms with van der Waals surface area (Å²) in [4.78, 5) is 26.4. The summed E-state index contributed by atoms with van der Waals surface area (Å²) >= 11 is 4.94. The van der Waals surface area contributed by atoms with Crippen LogP contribution in [0.2, 0.25) is 0 Å². The lowest BCUT2D eigenvalue weighted by Gasteiger charge is -2.22. The molecule has 1 amide bonds. The first-order valence-corrected chi connectivity index (χ1v) is 11.4. The number of aryl methyl sites for hydroxylation is 3. The second-order valence-electron chi connectivity index (χ2n) is 6.71. The van der Waals surface area contributed by atoms with E-state index in [2.05, 4.69) is 40.6 Å². The van der Waals surface area contributed by atoms with Crippen molar-refractivity contribution in [3.05, 3.63) is 38.7 Å². The van der Waals surface area contributed by atoms with Crippen LogP contribution in [0.15, 0.2) is 21.9 Å². The maximum Gasteiger partial charge on any atom is 0.233 e. The average Bonchev–Trinajstić information content (AvgIpc) is 3.24. The number of amides is 1. The smallest absolute Gasteiger partial charge is 0.233 e. The molecule has 0 atom stereocenters. The van der Waals surface area contributed by atoms with Crippen molar-refractivity contribution in [1.82, 2.24) is 14.9 Å². The highest BCUT2D eigenvalue weighted by Gasteiger charge is 2.32. The molecule has 0 N–H and O–H groups in total. The lowest BCUT2D eigenvalue weighted by Crippen LogP contribution is -2.33. The fourth-order valence-corrected chi connectivity index (χ4v) is 5.83. The van der Waals surface area contributed by atoms with Crippen molar-refractivity contribution in [2.45, 2.75) is 51.2 Å². The van der Waals surface area contributed by atoms with Crippen LogP contribution < -0.4 is 0 Å². The van der Waals surface area contributed by atoms with E-state index in [1.165, 1.54) is 16.0 Å². The maximum absolute atomic E-state index is 12.9. The maximum atomic E-state index is 12.9. The third-order valence-electron chi connectivity index (χ3n) is 4.68. The van der Waals surface area contributed by atoms with Crippen molar-refractivity contribution in [3.63, 3.8) is 0 Å². The number of thioether (sulfide) groups is 1. The molecule has 0 radical (unpaired) electrons. The molecule has 0 unspecified atom stereocenters. The predicted molar refractivity (Wildman–Crippen MR) is 110 cm³/mol. The minimum Gasteiger partial charge on any atom is -0.335 e. The monoisotopic (exact) mass is 403 g/mol. The Labute approximate surface area is 165 Å². The van der Waals surface area contributed by atoms with Crippen LogP contribution in [0.5, 0.6) is 0 Å². The van der Waals surface area contributed by atoms with E-state index < -0.39 is 0 Å². The first kappa shape index (κ1) is 17.9. The van der Waals surface area contributed by atoms with Gasteiger partial charge in [-0.15, -0.1) is 11.3 Å². The van der Waals surface area contributed by atoms with Crippen molar-refractivity contribution in [1.29, 1.82) is 0 Å². The van der Waals surface area contributed by atoms with Gasteiger partial charge in [0.2, 0.25) is 5.91 Å². The lowest BCUT2D eigenvalue weighted by molar-refractivity contribution is -0.129. The van der Waals surface area contributed by atoms with Crippen LogP contribution in [-0.2, 0) is 11.3 Å². The van der Waals surface area contributed by atoms with Gasteiger partial charge in [-0.2, -0.15) is 11.3 Å². The Bertz CT molecular complexity index is 945. The number of hydrogen-bond donors (Lipinski definition) is 0. The first-order valence-electron chi connectivity index (χ1n) is 8.70. The van der Waals surface area contributed by atoms with Crippen molar-refractivity contribution in [2.24, 2.45) is 0 Å². The first-order chi connectivity index (χ1) is 12.5. The number of aromatic nitrogens is 2. The molecule has 1 aliphatic rings. The zero-order valence-electron chi connectivity index (χ0n) is 15.1. The molecule has 1 saturated carbocycles. The molecule has 3 heterocycles. The molecule has 7 heteroatoms. The quantitative estimate of drug-likeness (QED) is 0.431. The van der Waals surface area contributed by atoms with E-state index >= 15 is 0 Å². The SMILES string of the molecule is Cc1nc(SCC(=O)N(Cc2ccsc2)C2CC2)c2c(C)c(C)sc2n1. The van der Waals surface area contributed by atoms with Gasteiger partial charge in [0.15, 0.2) is 0 Å². The number of hydrogen-bond acceptors (Lipinski definition) is 6. The topological polar surface area (TPSA) is 46.1 Å². The third kappa shape index (κ3) is 3.66. The van der Waals surface area contributed by atoms with Crippen molar-refractivity contribution >= 4 is 50.6 Å². The van der Waals surface area contributed by atoms with Gasteiger partial charge in [0.05, 0.1) is 5.75 Å². The van der Waals surface area contributed by atoms with Crippen LogP contribution in [0.3, 0.4) is 0 Å². The molecular weight excluding hydrogens is 382 g/mol. The second-order valence-corrected chi connectivity index (χ2v) is 9.66. The van der Waals surface area contributed by atoms with Gasteiger partial charge in [0, 0.05) is 22.8 Å². The molecule has 0 spiro atoms. The van der Waals surface area contributed by atoms with E-state index in [1.54, 1.807) is 34.4 Å². The molecule has 0 bridgehead atoms. The van der Waals surface area contributed by atoms with E-state index in [0.717, 1.165) is 40.5 Å². The Balaban J connectivity index is 1.52. The number of nitrogens with zero attached hydrogens (tertiary/aromatic N) is 3. The van der Waals surface area contributed by atoms with E-state index in [4.69, 9.17) is 0 Å². The summed E-state index contributed by atoms with van der Waals surface area (Å²) in [6, 6.07) is 2.52. The molecule has 0 saturated heterocycles. The molecule has 0 aromatic carbocycles. The van der Waals surface area contributed by atoms with Gasteiger partial charge in [-0.25, -0.2) is 9.97 Å². The normalized spacial score (nSPS) is 14.1. The minimum absolute atomic E-state index is 0.206. The number of carbonyl (C=O) groups excluding carboxylic acids is 1. The molecule has 26 heavy (non-hydrogen) atoms. The summed E-state index contributed by atoms with van der Waals surface area (Å²) in [5, 5.41) is 6.26. The van der Waals surface area contributed by atoms with E-state index in [1.807, 2.05) is 11.8 Å². The zero-order chi connectivity index (χ0) is 18.3. The molecule has 1 fully saturated rings. The Morgan fingerprint density at radius 1 is 1.31 bits per heavy atom. The van der Waals surface area contributed by atoms with Gasteiger partial charge in [-0.1, -0.05) is 11.8 Å². The summed E-state index contributed by atoms with van der Waals surface area (Å²) < 4.78 is 0. The van der Waals surface area contributed by atoms with Crippen LogP contribution in [0.25, 0.3) is 10.2 Å². The van der Waals surface area contributed by atoms with E-state index in [0.29, 0.717) is 11.8 Å². The summed E-state index contributed by atoms with van der Waals surface area (Å²) in [5.41, 5.74) is 2.46. The summed E-state index contributed by atoms with van der Waals surface area (Å²) in [7, 11) is 0. The predicted octanol–water partition coefficient (Wildman–Crippen LogP) is 4.96. The Hall–Kier alpha value is -1.44. The van der Waals surface area contributed by atoms with Crippen LogP contribution in [-0.4, -0.2) is 32.6 Å². The summed E-state index contributed by atoms with van der Waals surface area (Å²) in [6.07, 6.45) is 2.25. The van der Waals surface area contributed by atoms with Gasteiger partial charge in [0.1, 0.15) is 15.7 Å². The Morgan fingerprint density at radius 2 is 2.12 bits per heavy atom. The largest absolute Gasteiger partial charge is 0.335 e. The van der Waals surface area contributed by atoms with Gasteiger partial charge in [-0.05, 0) is 61.6 Å². The third-order valence-corrected chi connectivity index (χ3v) is 7.47. The molecule has 1 aliphatic carbocycles. The molecule has 4 rings (SSSR count). The highest BCUT2D eigenvalue weighted by Crippen LogP contribution is 2.36. The number of rotatable bonds is 6. The fraction of sp³-hybridized carbons (Fsp3) is 0.421. The van der Waals surface area contributed by atoms with Crippen LogP contribution in [0, 0.1) is 20.8 Å². The lowest BCUT2D eigenvalue weighted by atomic mass is 10.2. The van der Waals surface area contributed by atoms with Crippen molar-refractivity contribution in [3.8, 4) is 0 Å². The van der Waals surface area contributed by atoms with Crippen LogP contribution in [0.1, 0.15) is 34.7 Å². The molecular formula is C19H21N3OS3. The van der Waals surface area contributed by atoms with Gasteiger partial charge >= 0.3 is 0 Å². The Kier molecular flexibility index (Phi) is 5.03. The number of thiophene rings is 2. The highest BCUT2D eigenvalue weighted by molar-refractivity contribution is 8.00. The minimum atomic E-state index is 0.206. The highest BCUT2D eigenvalue weighted by atomic mass is 32.2. The average molecular weight is 404 g/mol. The fourth-order valence-electron chi connectivity index (χ4n) is 3.02. The van der Waals surface area contributed by atoms with Gasteiger partial charge in [0.25, 0.3) is 0 Å². The Morgan fingerprint density at radius 3 is 2.81 bits per heavy atom.